The van der Waals surface area contributed by atoms with Gasteiger partial charge >= 0.3 is 0 Å². The van der Waals surface area contributed by atoms with E-state index in [0.29, 0.717) is 23.8 Å². The minimum Gasteiger partial charge on any atom is -0.361 e. The number of halogens is 1. The van der Waals surface area contributed by atoms with Gasteiger partial charge in [-0.2, -0.15) is 5.10 Å². The molecule has 8 nitrogen and oxygen atoms in total. The van der Waals surface area contributed by atoms with Crippen LogP contribution in [0, 0.1) is 19.7 Å². The van der Waals surface area contributed by atoms with Crippen molar-refractivity contribution in [2.45, 2.75) is 20.4 Å². The third-order valence-corrected chi connectivity index (χ3v) is 4.74. The predicted molar refractivity (Wildman–Crippen MR) is 119 cm³/mol. The SMILES string of the molecule is Cc1cc(C(=O)NC(=NCc2ccccc2C)Nc2cc(-c3ccc(F)cc3)[nH]n2)no1. The normalized spacial score (nSPS) is 11.4. The number of hydrogen-bond acceptors (Lipinski definition) is 5. The van der Waals surface area contributed by atoms with E-state index in [9.17, 15) is 9.18 Å². The number of H-pyrrole nitrogens is 1. The topological polar surface area (TPSA) is 108 Å². The van der Waals surface area contributed by atoms with E-state index in [4.69, 9.17) is 4.52 Å². The van der Waals surface area contributed by atoms with Gasteiger partial charge in [0.2, 0.25) is 5.96 Å². The quantitative estimate of drug-likeness (QED) is 0.323. The Morgan fingerprint density at radius 2 is 1.91 bits per heavy atom. The van der Waals surface area contributed by atoms with Gasteiger partial charge < -0.3 is 9.84 Å². The first kappa shape index (κ1) is 21.0. The number of hydrogen-bond donors (Lipinski definition) is 3. The monoisotopic (exact) mass is 432 g/mol. The Balaban J connectivity index is 1.55. The highest BCUT2D eigenvalue weighted by atomic mass is 19.1. The number of rotatable bonds is 5. The summed E-state index contributed by atoms with van der Waals surface area (Å²) in [5, 5.41) is 16.6. The number of aryl methyl sites for hydroxylation is 2. The third kappa shape index (κ3) is 5.07. The van der Waals surface area contributed by atoms with Gasteiger partial charge in [-0.05, 0) is 54.8 Å². The molecule has 0 saturated heterocycles. The number of carbonyl (C=O) groups excluding carboxylic acids is 1. The van der Waals surface area contributed by atoms with Gasteiger partial charge in [-0.15, -0.1) is 0 Å². The third-order valence-electron chi connectivity index (χ3n) is 4.74. The molecule has 0 aliphatic heterocycles. The average Bonchev–Trinajstić information content (AvgIpc) is 3.43. The maximum absolute atomic E-state index is 13.2. The second kappa shape index (κ2) is 9.25. The van der Waals surface area contributed by atoms with Gasteiger partial charge in [-0.3, -0.25) is 15.2 Å². The smallest absolute Gasteiger partial charge is 0.280 e. The van der Waals surface area contributed by atoms with Crippen LogP contribution in [-0.4, -0.2) is 27.2 Å². The van der Waals surface area contributed by atoms with Gasteiger partial charge in [0, 0.05) is 12.1 Å². The Bertz CT molecular complexity index is 1260. The van der Waals surface area contributed by atoms with Crippen molar-refractivity contribution in [3.05, 3.63) is 89.1 Å². The number of aliphatic imine (C=N–C) groups is 1. The van der Waals surface area contributed by atoms with Crippen molar-refractivity contribution in [3.8, 4) is 11.3 Å². The number of nitrogens with one attached hydrogen (secondary N) is 3. The van der Waals surface area contributed by atoms with Gasteiger partial charge in [0.05, 0.1) is 12.2 Å². The molecule has 2 aromatic carbocycles. The van der Waals surface area contributed by atoms with Crippen molar-refractivity contribution in [1.29, 1.82) is 0 Å². The summed E-state index contributed by atoms with van der Waals surface area (Å²) < 4.78 is 18.2. The lowest BCUT2D eigenvalue weighted by Gasteiger charge is -2.09. The number of benzene rings is 2. The highest BCUT2D eigenvalue weighted by Gasteiger charge is 2.15. The van der Waals surface area contributed by atoms with Crippen LogP contribution < -0.4 is 10.6 Å². The Morgan fingerprint density at radius 1 is 1.12 bits per heavy atom. The standard InChI is InChI=1S/C23H21FN6O2/c1-14-5-3-4-6-17(14)13-25-23(27-22(31)20-11-15(2)32-30-20)26-21-12-19(28-29-21)16-7-9-18(24)10-8-16/h3-12H,13H2,1-2H3,(H3,25,26,27,28,29,31). The zero-order valence-electron chi connectivity index (χ0n) is 17.5. The molecule has 0 spiro atoms. The maximum atomic E-state index is 13.2. The lowest BCUT2D eigenvalue weighted by molar-refractivity contribution is 0.0968. The van der Waals surface area contributed by atoms with Crippen LogP contribution in [-0.2, 0) is 6.54 Å². The minimum atomic E-state index is -0.466. The number of carbonyl (C=O) groups is 1. The number of guanidine groups is 1. The minimum absolute atomic E-state index is 0.141. The summed E-state index contributed by atoms with van der Waals surface area (Å²) in [5.41, 5.74) is 3.71. The van der Waals surface area contributed by atoms with Gasteiger partial charge in [0.1, 0.15) is 11.6 Å². The molecule has 0 bridgehead atoms. The van der Waals surface area contributed by atoms with Crippen molar-refractivity contribution in [2.75, 3.05) is 5.32 Å². The van der Waals surface area contributed by atoms with Crippen LogP contribution >= 0.6 is 0 Å². The van der Waals surface area contributed by atoms with Crippen LogP contribution in [0.4, 0.5) is 10.2 Å². The van der Waals surface area contributed by atoms with Crippen LogP contribution in [0.15, 0.2) is 70.2 Å². The highest BCUT2D eigenvalue weighted by molar-refractivity contribution is 6.09. The van der Waals surface area contributed by atoms with Crippen molar-refractivity contribution in [1.82, 2.24) is 20.7 Å². The molecular formula is C23H21FN6O2. The van der Waals surface area contributed by atoms with Crippen molar-refractivity contribution in [3.63, 3.8) is 0 Å². The van der Waals surface area contributed by atoms with Crippen LogP contribution in [0.1, 0.15) is 27.4 Å². The number of nitrogens with zero attached hydrogens (tertiary/aromatic N) is 3. The molecule has 1 amide bonds. The second-order valence-electron chi connectivity index (χ2n) is 7.17. The highest BCUT2D eigenvalue weighted by Crippen LogP contribution is 2.20. The van der Waals surface area contributed by atoms with Crippen LogP contribution in [0.3, 0.4) is 0 Å². The molecule has 4 aromatic rings. The lowest BCUT2D eigenvalue weighted by atomic mass is 10.1. The first-order chi connectivity index (χ1) is 15.5. The van der Waals surface area contributed by atoms with Crippen LogP contribution in [0.2, 0.25) is 0 Å². The number of aromatic nitrogens is 3. The van der Waals surface area contributed by atoms with E-state index >= 15 is 0 Å². The zero-order valence-corrected chi connectivity index (χ0v) is 17.5. The molecule has 0 radical (unpaired) electrons. The maximum Gasteiger partial charge on any atom is 0.280 e. The molecule has 32 heavy (non-hydrogen) atoms. The molecule has 4 rings (SSSR count). The molecule has 0 aliphatic carbocycles. The number of aromatic amines is 1. The van der Waals surface area contributed by atoms with Crippen molar-refractivity contribution in [2.24, 2.45) is 4.99 Å². The zero-order chi connectivity index (χ0) is 22.5. The van der Waals surface area contributed by atoms with E-state index in [1.165, 1.54) is 18.2 Å². The first-order valence-corrected chi connectivity index (χ1v) is 9.90. The van der Waals surface area contributed by atoms with Gasteiger partial charge in [-0.25, -0.2) is 9.38 Å². The van der Waals surface area contributed by atoms with Crippen molar-refractivity contribution >= 4 is 17.7 Å². The molecule has 0 aliphatic rings. The summed E-state index contributed by atoms with van der Waals surface area (Å²) in [4.78, 5) is 17.1. The first-order valence-electron chi connectivity index (χ1n) is 9.90. The Hall–Kier alpha value is -4.27. The van der Waals surface area contributed by atoms with Gasteiger partial charge in [0.25, 0.3) is 5.91 Å². The molecule has 0 saturated carbocycles. The Kier molecular flexibility index (Phi) is 6.07. The fourth-order valence-electron chi connectivity index (χ4n) is 2.99. The summed E-state index contributed by atoms with van der Waals surface area (Å²) in [6.45, 7) is 4.05. The average molecular weight is 432 g/mol. The molecular weight excluding hydrogens is 411 g/mol. The Morgan fingerprint density at radius 3 is 2.62 bits per heavy atom. The molecule has 3 N–H and O–H groups in total. The largest absolute Gasteiger partial charge is 0.361 e. The molecule has 0 fully saturated rings. The summed E-state index contributed by atoms with van der Waals surface area (Å²) in [6.07, 6.45) is 0. The number of amides is 1. The predicted octanol–water partition coefficient (Wildman–Crippen LogP) is 4.22. The summed E-state index contributed by atoms with van der Waals surface area (Å²) in [7, 11) is 0. The van der Waals surface area contributed by atoms with E-state index in [-0.39, 0.29) is 17.5 Å². The molecule has 0 unspecified atom stereocenters. The summed E-state index contributed by atoms with van der Waals surface area (Å²) in [6, 6.07) is 17.2. The van der Waals surface area contributed by atoms with Gasteiger partial charge in [-0.1, -0.05) is 29.4 Å². The van der Waals surface area contributed by atoms with E-state index in [1.807, 2.05) is 31.2 Å². The van der Waals surface area contributed by atoms with Crippen LogP contribution in [0.5, 0.6) is 0 Å². The number of anilines is 1. The van der Waals surface area contributed by atoms with E-state index in [1.54, 1.807) is 25.1 Å². The molecule has 0 atom stereocenters. The fraction of sp³-hybridized carbons (Fsp3) is 0.130. The van der Waals surface area contributed by atoms with Gasteiger partial charge in [0.15, 0.2) is 11.5 Å². The van der Waals surface area contributed by atoms with E-state index in [0.717, 1.165) is 16.7 Å². The summed E-state index contributed by atoms with van der Waals surface area (Å²) >= 11 is 0. The molecule has 2 heterocycles. The molecule has 2 aromatic heterocycles. The van der Waals surface area contributed by atoms with E-state index in [2.05, 4.69) is 31.0 Å². The Labute approximate surface area is 183 Å². The lowest BCUT2D eigenvalue weighted by Crippen LogP contribution is -2.36. The van der Waals surface area contributed by atoms with Crippen LogP contribution in [0.25, 0.3) is 11.3 Å². The molecule has 9 heteroatoms. The summed E-state index contributed by atoms with van der Waals surface area (Å²) in [5.74, 6) is 0.383. The second-order valence-corrected chi connectivity index (χ2v) is 7.17. The molecule has 162 valence electrons. The van der Waals surface area contributed by atoms with E-state index < -0.39 is 5.91 Å². The fourth-order valence-corrected chi connectivity index (χ4v) is 2.99. The van der Waals surface area contributed by atoms with Crippen molar-refractivity contribution < 1.29 is 13.7 Å².